The predicted octanol–water partition coefficient (Wildman–Crippen LogP) is 0.457. The molecule has 0 radical (unpaired) electrons. The van der Waals surface area contributed by atoms with Crippen LogP contribution in [0.3, 0.4) is 0 Å². The fourth-order valence-electron chi connectivity index (χ4n) is 1.20. The van der Waals surface area contributed by atoms with Gasteiger partial charge in [-0.3, -0.25) is 4.31 Å². The standard InChI is InChI=1S/C10H17N3O2S/c1-3-11-8-9-16(14,15)13(2)10-6-4-5-7-12-10/h4-7,11H,3,8-9H2,1-2H3. The maximum atomic E-state index is 11.9. The van der Waals surface area contributed by atoms with Gasteiger partial charge in [0.1, 0.15) is 5.82 Å². The first-order valence-corrected chi connectivity index (χ1v) is 6.77. The number of rotatable bonds is 6. The van der Waals surface area contributed by atoms with Gasteiger partial charge >= 0.3 is 0 Å². The number of anilines is 1. The first kappa shape index (κ1) is 12.9. The van der Waals surface area contributed by atoms with Crippen LogP contribution in [0, 0.1) is 0 Å². The molecule has 0 fully saturated rings. The van der Waals surface area contributed by atoms with E-state index in [1.54, 1.807) is 24.4 Å². The van der Waals surface area contributed by atoms with Crippen molar-refractivity contribution in [2.45, 2.75) is 6.92 Å². The number of nitrogens with one attached hydrogen (secondary N) is 1. The number of nitrogens with zero attached hydrogens (tertiary/aromatic N) is 2. The topological polar surface area (TPSA) is 62.3 Å². The summed E-state index contributed by atoms with van der Waals surface area (Å²) in [7, 11) is -1.76. The summed E-state index contributed by atoms with van der Waals surface area (Å²) >= 11 is 0. The Kier molecular flexibility index (Phi) is 4.70. The molecule has 1 heterocycles. The number of hydrogen-bond donors (Lipinski definition) is 1. The lowest BCUT2D eigenvalue weighted by molar-refractivity contribution is 0.590. The average Bonchev–Trinajstić information content (AvgIpc) is 2.29. The van der Waals surface area contributed by atoms with Crippen molar-refractivity contribution in [1.82, 2.24) is 10.3 Å². The molecule has 1 rings (SSSR count). The van der Waals surface area contributed by atoms with Crippen LogP contribution < -0.4 is 9.62 Å². The lowest BCUT2D eigenvalue weighted by atomic mass is 10.5. The lowest BCUT2D eigenvalue weighted by Gasteiger charge is -2.18. The van der Waals surface area contributed by atoms with Gasteiger partial charge in [0.2, 0.25) is 10.0 Å². The Balaban J connectivity index is 2.69. The van der Waals surface area contributed by atoms with E-state index in [4.69, 9.17) is 0 Å². The predicted molar refractivity (Wildman–Crippen MR) is 65.0 cm³/mol. The van der Waals surface area contributed by atoms with Crippen molar-refractivity contribution in [3.8, 4) is 0 Å². The minimum Gasteiger partial charge on any atom is -0.316 e. The number of hydrogen-bond acceptors (Lipinski definition) is 4. The third kappa shape index (κ3) is 3.46. The molecule has 0 saturated heterocycles. The largest absolute Gasteiger partial charge is 0.316 e. The highest BCUT2D eigenvalue weighted by Crippen LogP contribution is 2.11. The Morgan fingerprint density at radius 1 is 1.44 bits per heavy atom. The van der Waals surface area contributed by atoms with E-state index in [1.165, 1.54) is 11.4 Å². The van der Waals surface area contributed by atoms with Crippen molar-refractivity contribution >= 4 is 15.8 Å². The highest BCUT2D eigenvalue weighted by Gasteiger charge is 2.18. The minimum atomic E-state index is -3.28. The van der Waals surface area contributed by atoms with Crippen LogP contribution in [-0.4, -0.2) is 39.3 Å². The summed E-state index contributed by atoms with van der Waals surface area (Å²) in [6.07, 6.45) is 1.58. The van der Waals surface area contributed by atoms with Crippen molar-refractivity contribution in [2.24, 2.45) is 0 Å². The van der Waals surface area contributed by atoms with Crippen molar-refractivity contribution in [3.63, 3.8) is 0 Å². The SMILES string of the molecule is CCNCCS(=O)(=O)N(C)c1ccccn1. The van der Waals surface area contributed by atoms with Gasteiger partial charge in [-0.25, -0.2) is 13.4 Å². The molecule has 5 nitrogen and oxygen atoms in total. The van der Waals surface area contributed by atoms with Gasteiger partial charge in [-0.1, -0.05) is 13.0 Å². The van der Waals surface area contributed by atoms with E-state index < -0.39 is 10.0 Å². The molecule has 6 heteroatoms. The second-order valence-corrected chi connectivity index (χ2v) is 5.44. The average molecular weight is 243 g/mol. The number of aromatic nitrogens is 1. The third-order valence-corrected chi connectivity index (χ3v) is 3.92. The molecule has 0 spiro atoms. The van der Waals surface area contributed by atoms with Gasteiger partial charge in [-0.05, 0) is 18.7 Å². The van der Waals surface area contributed by atoms with Crippen molar-refractivity contribution < 1.29 is 8.42 Å². The Bertz CT molecular complexity index is 405. The molecule has 0 unspecified atom stereocenters. The van der Waals surface area contributed by atoms with Crippen LogP contribution in [0.2, 0.25) is 0 Å². The minimum absolute atomic E-state index is 0.0773. The second kappa shape index (κ2) is 5.81. The maximum absolute atomic E-state index is 11.9. The molecule has 0 atom stereocenters. The Labute approximate surface area is 96.5 Å². The maximum Gasteiger partial charge on any atom is 0.237 e. The van der Waals surface area contributed by atoms with E-state index >= 15 is 0 Å². The summed E-state index contributed by atoms with van der Waals surface area (Å²) < 4.78 is 24.9. The highest BCUT2D eigenvalue weighted by atomic mass is 32.2. The smallest absolute Gasteiger partial charge is 0.237 e. The molecule has 0 aliphatic rings. The monoisotopic (exact) mass is 243 g/mol. The van der Waals surface area contributed by atoms with Crippen LogP contribution in [0.1, 0.15) is 6.92 Å². The van der Waals surface area contributed by atoms with E-state index in [9.17, 15) is 8.42 Å². The van der Waals surface area contributed by atoms with Crippen molar-refractivity contribution in [3.05, 3.63) is 24.4 Å². The van der Waals surface area contributed by atoms with Crippen LogP contribution >= 0.6 is 0 Å². The molecular weight excluding hydrogens is 226 g/mol. The molecule has 0 bridgehead atoms. The lowest BCUT2D eigenvalue weighted by Crippen LogP contribution is -2.34. The fraction of sp³-hybridized carbons (Fsp3) is 0.500. The molecule has 0 saturated carbocycles. The first-order valence-electron chi connectivity index (χ1n) is 5.16. The van der Waals surface area contributed by atoms with Crippen LogP contribution in [0.5, 0.6) is 0 Å². The molecule has 0 aliphatic heterocycles. The van der Waals surface area contributed by atoms with E-state index in [1.807, 2.05) is 6.92 Å². The van der Waals surface area contributed by atoms with Crippen LogP contribution in [0.15, 0.2) is 24.4 Å². The summed E-state index contributed by atoms with van der Waals surface area (Å²) in [5.74, 6) is 0.521. The van der Waals surface area contributed by atoms with Gasteiger partial charge in [0.25, 0.3) is 0 Å². The number of sulfonamides is 1. The zero-order chi connectivity index (χ0) is 12.0. The Morgan fingerprint density at radius 2 is 2.19 bits per heavy atom. The van der Waals surface area contributed by atoms with Gasteiger partial charge in [0.05, 0.1) is 5.75 Å². The van der Waals surface area contributed by atoms with E-state index in [0.717, 1.165) is 6.54 Å². The quantitative estimate of drug-likeness (QED) is 0.737. The van der Waals surface area contributed by atoms with Crippen molar-refractivity contribution in [1.29, 1.82) is 0 Å². The summed E-state index contributed by atoms with van der Waals surface area (Å²) in [4.78, 5) is 4.00. The van der Waals surface area contributed by atoms with Gasteiger partial charge in [-0.2, -0.15) is 0 Å². The molecule has 1 aromatic rings. The number of pyridine rings is 1. The van der Waals surface area contributed by atoms with Crippen LogP contribution in [-0.2, 0) is 10.0 Å². The zero-order valence-corrected chi connectivity index (χ0v) is 10.4. The molecule has 1 N–H and O–H groups in total. The van der Waals surface area contributed by atoms with Gasteiger partial charge in [-0.15, -0.1) is 0 Å². The van der Waals surface area contributed by atoms with E-state index in [2.05, 4.69) is 10.3 Å². The molecule has 0 aromatic carbocycles. The summed E-state index contributed by atoms with van der Waals surface area (Å²) in [6, 6.07) is 5.19. The second-order valence-electron chi connectivity index (χ2n) is 3.32. The normalized spacial score (nSPS) is 11.4. The molecular formula is C10H17N3O2S. The Morgan fingerprint density at radius 3 is 2.75 bits per heavy atom. The van der Waals surface area contributed by atoms with Crippen LogP contribution in [0.4, 0.5) is 5.82 Å². The summed E-state index contributed by atoms with van der Waals surface area (Å²) in [6.45, 7) is 3.16. The fourth-order valence-corrected chi connectivity index (χ4v) is 2.27. The summed E-state index contributed by atoms with van der Waals surface area (Å²) in [5.41, 5.74) is 0. The van der Waals surface area contributed by atoms with Gasteiger partial charge in [0, 0.05) is 19.8 Å². The molecule has 0 aliphatic carbocycles. The van der Waals surface area contributed by atoms with E-state index in [0.29, 0.717) is 12.4 Å². The van der Waals surface area contributed by atoms with E-state index in [-0.39, 0.29) is 5.75 Å². The van der Waals surface area contributed by atoms with Gasteiger partial charge in [0.15, 0.2) is 0 Å². The first-order chi connectivity index (χ1) is 7.58. The molecule has 90 valence electrons. The van der Waals surface area contributed by atoms with Crippen LogP contribution in [0.25, 0.3) is 0 Å². The third-order valence-electron chi connectivity index (χ3n) is 2.18. The molecule has 0 amide bonds. The van der Waals surface area contributed by atoms with Crippen molar-refractivity contribution in [2.75, 3.05) is 30.2 Å². The molecule has 1 aromatic heterocycles. The zero-order valence-electron chi connectivity index (χ0n) is 9.55. The Hall–Kier alpha value is -1.14. The summed E-state index contributed by atoms with van der Waals surface area (Å²) in [5, 5.41) is 2.98. The van der Waals surface area contributed by atoms with Gasteiger partial charge < -0.3 is 5.32 Å². The highest BCUT2D eigenvalue weighted by molar-refractivity contribution is 7.92. The molecule has 16 heavy (non-hydrogen) atoms.